The van der Waals surface area contributed by atoms with Gasteiger partial charge in [0.05, 0.1) is 19.6 Å². The number of pyridine rings is 1. The molecule has 0 aliphatic carbocycles. The van der Waals surface area contributed by atoms with Gasteiger partial charge < -0.3 is 15.3 Å². The molecule has 0 aliphatic rings. The highest BCUT2D eigenvalue weighted by atomic mass is 16.5. The Morgan fingerprint density at radius 3 is 2.33 bits per heavy atom. The van der Waals surface area contributed by atoms with Crippen LogP contribution in [0, 0.1) is 16.7 Å². The van der Waals surface area contributed by atoms with Crippen molar-refractivity contribution in [3.63, 3.8) is 0 Å². The lowest BCUT2D eigenvalue weighted by Gasteiger charge is -2.23. The molecule has 0 saturated carbocycles. The molecule has 0 spiro atoms. The minimum atomic E-state index is -0.579. The first-order chi connectivity index (χ1) is 15.9. The Morgan fingerprint density at radius 1 is 1.06 bits per heavy atom. The van der Waals surface area contributed by atoms with Crippen LogP contribution in [0.15, 0.2) is 78.2 Å². The molecule has 170 valence electrons. The third kappa shape index (κ3) is 6.22. The summed E-state index contributed by atoms with van der Waals surface area (Å²) in [6, 6.07) is 17.5. The van der Waals surface area contributed by atoms with E-state index in [0.29, 0.717) is 16.7 Å². The second-order valence-electron chi connectivity index (χ2n) is 7.76. The van der Waals surface area contributed by atoms with Crippen molar-refractivity contribution in [3.05, 3.63) is 95.0 Å². The normalized spacial score (nSPS) is 12.4. The Morgan fingerprint density at radius 2 is 1.70 bits per heavy atom. The van der Waals surface area contributed by atoms with Gasteiger partial charge in [-0.05, 0) is 47.7 Å². The Hall–Kier alpha value is -4.07. The van der Waals surface area contributed by atoms with Crippen LogP contribution in [0.2, 0.25) is 0 Å². The van der Waals surface area contributed by atoms with E-state index < -0.39 is 17.9 Å². The number of hydrogen-bond donors (Lipinski definition) is 2. The van der Waals surface area contributed by atoms with Crippen molar-refractivity contribution in [3.8, 4) is 11.1 Å². The molecule has 0 saturated heterocycles. The van der Waals surface area contributed by atoms with Crippen molar-refractivity contribution in [2.24, 2.45) is 11.0 Å². The molecule has 0 fully saturated rings. The predicted molar refractivity (Wildman–Crippen MR) is 122 cm³/mol. The molecule has 2 N–H and O–H groups in total. The summed E-state index contributed by atoms with van der Waals surface area (Å²) in [5.41, 5.74) is 11.0. The van der Waals surface area contributed by atoms with Crippen LogP contribution in [-0.4, -0.2) is 25.0 Å². The second-order valence-corrected chi connectivity index (χ2v) is 7.76. The van der Waals surface area contributed by atoms with Crippen LogP contribution in [-0.2, 0) is 22.5 Å². The van der Waals surface area contributed by atoms with Gasteiger partial charge in [-0.1, -0.05) is 36.4 Å². The van der Waals surface area contributed by atoms with Crippen LogP contribution in [0.3, 0.4) is 0 Å². The van der Waals surface area contributed by atoms with Crippen molar-refractivity contribution < 1.29 is 19.1 Å². The molecule has 0 unspecified atom stereocenters. The van der Waals surface area contributed by atoms with Crippen LogP contribution in [0.1, 0.15) is 28.4 Å². The number of nitrogens with zero attached hydrogens (tertiary/aromatic N) is 2. The van der Waals surface area contributed by atoms with Gasteiger partial charge in [0.2, 0.25) is 0 Å². The van der Waals surface area contributed by atoms with E-state index in [2.05, 4.69) is 10.4 Å². The number of methoxy groups -OCH3 is 1. The minimum Gasteiger partial charge on any atom is -0.619 e. The topological polar surface area (TPSA) is 119 Å². The van der Waals surface area contributed by atoms with E-state index in [0.717, 1.165) is 22.3 Å². The van der Waals surface area contributed by atoms with Crippen LogP contribution in [0.5, 0.6) is 0 Å². The molecular formula is C25H26N4O4. The maximum atomic E-state index is 12.8. The monoisotopic (exact) mass is 446 g/mol. The zero-order chi connectivity index (χ0) is 23.8. The Bertz CT molecular complexity index is 1110. The highest BCUT2D eigenvalue weighted by molar-refractivity contribution is 5.95. The lowest BCUT2D eigenvalue weighted by Crippen LogP contribution is -2.42. The molecular weight excluding hydrogens is 420 g/mol. The largest absolute Gasteiger partial charge is 0.619 e. The number of carbonyl (C=O) groups excluding carboxylic acids is 2. The summed E-state index contributed by atoms with van der Waals surface area (Å²) in [6.07, 6.45) is 3.22. The molecule has 3 rings (SSSR count). The molecule has 3 aromatic rings. The van der Waals surface area contributed by atoms with Crippen molar-refractivity contribution in [1.82, 2.24) is 5.32 Å². The molecule has 2 atom stereocenters. The van der Waals surface area contributed by atoms with Crippen molar-refractivity contribution in [1.29, 1.82) is 5.53 Å². The molecule has 0 bridgehead atoms. The standard InChI is InChI=1S/C25H26N4O4/c1-17(23(25(31)33-2)15-18-4-3-5-19(14-18)16-27-26)28-24(30)22-8-6-20(7-9-22)21-10-12-29(32)13-11-21/h3-14,17,23,26H,15-16H2,1-2H3,(H,28,30)/t17-,23-/m1/s1. The van der Waals surface area contributed by atoms with E-state index in [1.807, 2.05) is 36.4 Å². The quantitative estimate of drug-likeness (QED) is 0.226. The number of rotatable bonds is 9. The van der Waals surface area contributed by atoms with E-state index >= 15 is 0 Å². The average molecular weight is 447 g/mol. The van der Waals surface area contributed by atoms with Gasteiger partial charge in [0.1, 0.15) is 0 Å². The molecule has 0 radical (unpaired) electrons. The van der Waals surface area contributed by atoms with Crippen molar-refractivity contribution in [2.45, 2.75) is 25.9 Å². The van der Waals surface area contributed by atoms with Gasteiger partial charge in [-0.25, -0.2) is 5.53 Å². The predicted octanol–water partition coefficient (Wildman–Crippen LogP) is 3.67. The molecule has 33 heavy (non-hydrogen) atoms. The first kappa shape index (κ1) is 23.6. The number of amides is 1. The summed E-state index contributed by atoms with van der Waals surface area (Å²) in [6.45, 7) is 2.05. The summed E-state index contributed by atoms with van der Waals surface area (Å²) < 4.78 is 5.69. The van der Waals surface area contributed by atoms with Gasteiger partial charge in [0.25, 0.3) is 5.91 Å². The third-order valence-corrected chi connectivity index (χ3v) is 5.46. The van der Waals surface area contributed by atoms with Gasteiger partial charge in [0.15, 0.2) is 12.4 Å². The number of benzene rings is 2. The summed E-state index contributed by atoms with van der Waals surface area (Å²) in [5, 5.41) is 17.5. The Kier molecular flexibility index (Phi) is 7.86. The van der Waals surface area contributed by atoms with Crippen molar-refractivity contribution in [2.75, 3.05) is 7.11 Å². The van der Waals surface area contributed by atoms with Crippen LogP contribution < -0.4 is 10.0 Å². The second kappa shape index (κ2) is 11.0. The lowest BCUT2D eigenvalue weighted by molar-refractivity contribution is -0.605. The zero-order valence-electron chi connectivity index (χ0n) is 18.5. The molecule has 8 heteroatoms. The maximum Gasteiger partial charge on any atom is 0.311 e. The number of aromatic nitrogens is 1. The summed E-state index contributed by atoms with van der Waals surface area (Å²) in [5.74, 6) is -1.28. The first-order valence-corrected chi connectivity index (χ1v) is 10.5. The SMILES string of the molecule is COC(=O)[C@H](Cc1cccc(CN=N)c1)[C@@H](C)NC(=O)c1ccc(-c2cc[n+]([O-])cc2)cc1. The molecule has 2 aromatic carbocycles. The van der Waals surface area contributed by atoms with Gasteiger partial charge in [-0.15, -0.1) is 0 Å². The Labute approximate surface area is 192 Å². The molecule has 1 aromatic heterocycles. The fraction of sp³-hybridized carbons (Fsp3) is 0.240. The van der Waals surface area contributed by atoms with Gasteiger partial charge >= 0.3 is 5.97 Å². The highest BCUT2D eigenvalue weighted by Gasteiger charge is 2.28. The van der Waals surface area contributed by atoms with Gasteiger partial charge in [-0.3, -0.25) is 9.59 Å². The van der Waals surface area contributed by atoms with Gasteiger partial charge in [-0.2, -0.15) is 9.84 Å². The number of ether oxygens (including phenoxy) is 1. The smallest absolute Gasteiger partial charge is 0.311 e. The van der Waals surface area contributed by atoms with E-state index in [9.17, 15) is 14.8 Å². The first-order valence-electron chi connectivity index (χ1n) is 10.5. The van der Waals surface area contributed by atoms with E-state index in [1.54, 1.807) is 31.2 Å². The highest BCUT2D eigenvalue weighted by Crippen LogP contribution is 2.20. The number of carbonyl (C=O) groups is 2. The maximum absolute atomic E-state index is 12.8. The molecule has 1 heterocycles. The van der Waals surface area contributed by atoms with Crippen molar-refractivity contribution >= 4 is 11.9 Å². The Balaban J connectivity index is 1.70. The van der Waals surface area contributed by atoms with Gasteiger partial charge in [0, 0.05) is 23.7 Å². The molecule has 1 amide bonds. The minimum absolute atomic E-state index is 0.277. The fourth-order valence-corrected chi connectivity index (χ4v) is 3.63. The van der Waals surface area contributed by atoms with Crippen LogP contribution in [0.4, 0.5) is 0 Å². The average Bonchev–Trinajstić information content (AvgIpc) is 2.83. The van der Waals surface area contributed by atoms with E-state index in [-0.39, 0.29) is 12.5 Å². The fourth-order valence-electron chi connectivity index (χ4n) is 3.63. The van der Waals surface area contributed by atoms with Crippen LogP contribution >= 0.6 is 0 Å². The van der Waals surface area contributed by atoms with E-state index in [4.69, 9.17) is 10.3 Å². The number of nitrogens with one attached hydrogen (secondary N) is 2. The third-order valence-electron chi connectivity index (χ3n) is 5.46. The number of esters is 1. The molecule has 8 nitrogen and oxygen atoms in total. The summed E-state index contributed by atoms with van der Waals surface area (Å²) >= 11 is 0. The lowest BCUT2D eigenvalue weighted by atomic mass is 9.92. The number of hydrogen-bond acceptors (Lipinski definition) is 6. The zero-order valence-corrected chi connectivity index (χ0v) is 18.5. The molecule has 0 aliphatic heterocycles. The summed E-state index contributed by atoms with van der Waals surface area (Å²) in [4.78, 5) is 25.3. The summed E-state index contributed by atoms with van der Waals surface area (Å²) in [7, 11) is 1.33. The van der Waals surface area contributed by atoms with E-state index in [1.165, 1.54) is 19.5 Å². The van der Waals surface area contributed by atoms with Crippen LogP contribution in [0.25, 0.3) is 11.1 Å².